The van der Waals surface area contributed by atoms with E-state index in [0.29, 0.717) is 5.56 Å². The van der Waals surface area contributed by atoms with E-state index in [-0.39, 0.29) is 40.4 Å². The van der Waals surface area contributed by atoms with E-state index in [1.165, 1.54) is 51.0 Å². The molecule has 3 nitrogen and oxygen atoms in total. The summed E-state index contributed by atoms with van der Waals surface area (Å²) in [5, 5.41) is 0. The molecular formula is C18H29NaO3S. The van der Waals surface area contributed by atoms with Crippen LogP contribution in [0, 0.1) is 0 Å². The molecule has 0 aromatic heterocycles. The molecule has 1 atom stereocenters. The first-order valence-electron chi connectivity index (χ1n) is 8.51. The molecule has 0 saturated carbocycles. The fourth-order valence-electron chi connectivity index (χ4n) is 2.86. The van der Waals surface area contributed by atoms with Crippen LogP contribution in [0.4, 0.5) is 0 Å². The third-order valence-electron chi connectivity index (χ3n) is 4.21. The van der Waals surface area contributed by atoms with Crippen LogP contribution >= 0.6 is 0 Å². The van der Waals surface area contributed by atoms with E-state index >= 15 is 0 Å². The Morgan fingerprint density at radius 2 is 1.48 bits per heavy atom. The summed E-state index contributed by atoms with van der Waals surface area (Å²) in [6, 6.07) is 6.59. The molecule has 126 valence electrons. The van der Waals surface area contributed by atoms with E-state index in [9.17, 15) is 13.0 Å². The summed E-state index contributed by atoms with van der Waals surface area (Å²) in [6.07, 6.45) is 11.0. The van der Waals surface area contributed by atoms with Crippen LogP contribution in [-0.4, -0.2) is 13.0 Å². The summed E-state index contributed by atoms with van der Waals surface area (Å²) < 4.78 is 33.9. The molecule has 0 fully saturated rings. The molecule has 1 aromatic rings. The van der Waals surface area contributed by atoms with Gasteiger partial charge in [-0.05, 0) is 24.0 Å². The third-order valence-corrected chi connectivity index (χ3v) is 5.12. The number of unbranched alkanes of at least 4 members (excludes halogenated alkanes) is 7. The van der Waals surface area contributed by atoms with Crippen LogP contribution in [0.2, 0.25) is 0 Å². The molecule has 0 spiro atoms. The molecule has 0 amide bonds. The van der Waals surface area contributed by atoms with Crippen LogP contribution in [-0.2, 0) is 10.1 Å². The second-order valence-corrected chi connectivity index (χ2v) is 7.50. The average molecular weight is 348 g/mol. The minimum Gasteiger partial charge on any atom is -0.744 e. The molecule has 1 rings (SSSR count). The molecule has 0 saturated heterocycles. The zero-order chi connectivity index (χ0) is 16.4. The Kier molecular flexibility index (Phi) is 12.6. The molecule has 1 aromatic carbocycles. The third kappa shape index (κ3) is 9.25. The van der Waals surface area contributed by atoms with E-state index < -0.39 is 10.1 Å². The van der Waals surface area contributed by atoms with Gasteiger partial charge in [0.15, 0.2) is 0 Å². The minimum atomic E-state index is -4.38. The Hall–Kier alpha value is 0.130. The zero-order valence-corrected chi connectivity index (χ0v) is 17.7. The van der Waals surface area contributed by atoms with E-state index in [1.54, 1.807) is 18.2 Å². The standard InChI is InChI=1S/C18H30O3S.Na/c1-3-4-5-6-7-8-9-10-13-16(2)17-14-11-12-15-18(17)22(19,20)21;/h11-12,14-16H,3-10,13H2,1-2H3,(H,19,20,21);/q;+1/p-1. The second kappa shape index (κ2) is 12.5. The van der Waals surface area contributed by atoms with Gasteiger partial charge in [-0.3, -0.25) is 0 Å². The van der Waals surface area contributed by atoms with Gasteiger partial charge in [0.2, 0.25) is 0 Å². The Morgan fingerprint density at radius 3 is 2.04 bits per heavy atom. The van der Waals surface area contributed by atoms with Gasteiger partial charge in [-0.15, -0.1) is 0 Å². The van der Waals surface area contributed by atoms with Crippen LogP contribution in [0.3, 0.4) is 0 Å². The normalized spacial score (nSPS) is 12.7. The molecule has 0 radical (unpaired) electrons. The van der Waals surface area contributed by atoms with Crippen LogP contribution < -0.4 is 29.6 Å². The molecule has 5 heteroatoms. The van der Waals surface area contributed by atoms with Gasteiger partial charge in [0, 0.05) is 0 Å². The van der Waals surface area contributed by atoms with E-state index in [0.717, 1.165) is 12.8 Å². The summed E-state index contributed by atoms with van der Waals surface area (Å²) in [4.78, 5) is -0.0536. The fourth-order valence-corrected chi connectivity index (χ4v) is 3.66. The first-order valence-corrected chi connectivity index (χ1v) is 9.92. The monoisotopic (exact) mass is 348 g/mol. The van der Waals surface area contributed by atoms with Crippen molar-refractivity contribution in [1.82, 2.24) is 0 Å². The maximum atomic E-state index is 11.3. The van der Waals surface area contributed by atoms with Crippen molar-refractivity contribution in [2.24, 2.45) is 0 Å². The van der Waals surface area contributed by atoms with E-state index in [1.807, 2.05) is 6.92 Å². The molecule has 0 N–H and O–H groups in total. The van der Waals surface area contributed by atoms with Crippen LogP contribution in [0.25, 0.3) is 0 Å². The van der Waals surface area contributed by atoms with Crippen molar-refractivity contribution in [3.63, 3.8) is 0 Å². The first-order chi connectivity index (χ1) is 10.5. The summed E-state index contributed by atoms with van der Waals surface area (Å²) in [6.45, 7) is 4.23. The van der Waals surface area contributed by atoms with Gasteiger partial charge in [0.05, 0.1) is 4.90 Å². The van der Waals surface area contributed by atoms with Gasteiger partial charge in [0.25, 0.3) is 0 Å². The predicted molar refractivity (Wildman–Crippen MR) is 90.0 cm³/mol. The second-order valence-electron chi connectivity index (χ2n) is 6.16. The van der Waals surface area contributed by atoms with Gasteiger partial charge in [-0.1, -0.05) is 83.4 Å². The summed E-state index contributed by atoms with van der Waals surface area (Å²) in [5.41, 5.74) is 0.667. The minimum absolute atomic E-state index is 0. The number of hydrogen-bond donors (Lipinski definition) is 0. The number of benzene rings is 1. The van der Waals surface area contributed by atoms with Crippen molar-refractivity contribution >= 4 is 10.1 Å². The van der Waals surface area contributed by atoms with E-state index in [4.69, 9.17) is 0 Å². The number of rotatable bonds is 11. The van der Waals surface area contributed by atoms with Crippen LogP contribution in [0.1, 0.15) is 83.1 Å². The van der Waals surface area contributed by atoms with Crippen molar-refractivity contribution in [3.8, 4) is 0 Å². The van der Waals surface area contributed by atoms with Crippen molar-refractivity contribution in [2.75, 3.05) is 0 Å². The Bertz CT molecular complexity index is 529. The molecule has 23 heavy (non-hydrogen) atoms. The largest absolute Gasteiger partial charge is 1.00 e. The molecule has 0 bridgehead atoms. The molecule has 0 aliphatic heterocycles. The van der Waals surface area contributed by atoms with Crippen molar-refractivity contribution in [3.05, 3.63) is 29.8 Å². The first kappa shape index (κ1) is 23.1. The van der Waals surface area contributed by atoms with Crippen molar-refractivity contribution in [2.45, 2.75) is 82.4 Å². The van der Waals surface area contributed by atoms with Crippen molar-refractivity contribution in [1.29, 1.82) is 0 Å². The molecular weight excluding hydrogens is 319 g/mol. The Balaban J connectivity index is 0.00000484. The quantitative estimate of drug-likeness (QED) is 0.350. The molecule has 0 aliphatic carbocycles. The maximum absolute atomic E-state index is 11.3. The zero-order valence-electron chi connectivity index (χ0n) is 14.9. The smallest absolute Gasteiger partial charge is 0.744 e. The SMILES string of the molecule is CCCCCCCCCCC(C)c1ccccc1S(=O)(=O)[O-].[Na+]. The predicted octanol–water partition coefficient (Wildman–Crippen LogP) is 2.23. The Labute approximate surface area is 164 Å². The molecule has 0 heterocycles. The van der Waals surface area contributed by atoms with Gasteiger partial charge in [0.1, 0.15) is 10.1 Å². The number of hydrogen-bond acceptors (Lipinski definition) is 3. The van der Waals surface area contributed by atoms with Gasteiger partial charge in [-0.2, -0.15) is 0 Å². The fraction of sp³-hybridized carbons (Fsp3) is 0.667. The average Bonchev–Trinajstić information content (AvgIpc) is 2.49. The Morgan fingerprint density at radius 1 is 0.957 bits per heavy atom. The van der Waals surface area contributed by atoms with E-state index in [2.05, 4.69) is 6.92 Å². The van der Waals surface area contributed by atoms with Crippen LogP contribution in [0.15, 0.2) is 29.2 Å². The van der Waals surface area contributed by atoms with Gasteiger partial charge >= 0.3 is 29.6 Å². The molecule has 1 unspecified atom stereocenters. The maximum Gasteiger partial charge on any atom is 1.00 e. The molecule has 0 aliphatic rings. The van der Waals surface area contributed by atoms with Gasteiger partial charge < -0.3 is 4.55 Å². The summed E-state index contributed by atoms with van der Waals surface area (Å²) >= 11 is 0. The summed E-state index contributed by atoms with van der Waals surface area (Å²) in [5.74, 6) is 0.111. The topological polar surface area (TPSA) is 57.2 Å². The van der Waals surface area contributed by atoms with Gasteiger partial charge in [-0.25, -0.2) is 8.42 Å². The van der Waals surface area contributed by atoms with Crippen molar-refractivity contribution < 1.29 is 42.5 Å². The van der Waals surface area contributed by atoms with Crippen LogP contribution in [0.5, 0.6) is 0 Å². The summed E-state index contributed by atoms with van der Waals surface area (Å²) in [7, 11) is -4.38.